The number of hydrazine groups is 1. The number of unbranched alkanes of at least 4 members (excludes halogenated alkanes) is 1. The van der Waals surface area contributed by atoms with Crippen LogP contribution in [0.4, 0.5) is 0 Å². The van der Waals surface area contributed by atoms with Crippen LogP contribution in [0.5, 0.6) is 0 Å². The number of benzene rings is 1. The SMILES string of the molecule is CC(C)C[C@H](NC(=O)[C@H](CCCCN)N(N)C(=O)c1ccccc1)C(=O)N[C@@H](CCCN=C(N)N)C(=O)N1CCC[C@H]1C=O. The molecule has 14 nitrogen and oxygen atoms in total. The van der Waals surface area contributed by atoms with Crippen molar-refractivity contribution in [3.63, 3.8) is 0 Å². The lowest BCUT2D eigenvalue weighted by atomic mass is 10.0. The highest BCUT2D eigenvalue weighted by atomic mass is 16.2. The van der Waals surface area contributed by atoms with Gasteiger partial charge in [-0.2, -0.15) is 0 Å². The van der Waals surface area contributed by atoms with Crippen molar-refractivity contribution in [3.8, 4) is 0 Å². The van der Waals surface area contributed by atoms with Gasteiger partial charge in [-0.25, -0.2) is 5.84 Å². The van der Waals surface area contributed by atoms with E-state index in [1.807, 2.05) is 13.8 Å². The first kappa shape index (κ1) is 36.2. The molecule has 2 rings (SSSR count). The van der Waals surface area contributed by atoms with E-state index in [4.69, 9.17) is 23.0 Å². The fraction of sp³-hybridized carbons (Fsp3) is 0.600. The Labute approximate surface area is 259 Å². The van der Waals surface area contributed by atoms with Gasteiger partial charge >= 0.3 is 0 Å². The number of guanidine groups is 1. The molecule has 1 aliphatic rings. The lowest BCUT2D eigenvalue weighted by Gasteiger charge is -2.31. The van der Waals surface area contributed by atoms with Crippen LogP contribution in [0.1, 0.15) is 75.6 Å². The zero-order valence-corrected chi connectivity index (χ0v) is 25.8. The largest absolute Gasteiger partial charge is 0.370 e. The molecule has 0 radical (unpaired) electrons. The van der Waals surface area contributed by atoms with Gasteiger partial charge in [0, 0.05) is 18.7 Å². The van der Waals surface area contributed by atoms with E-state index in [0.29, 0.717) is 50.8 Å². The number of nitrogens with one attached hydrogen (secondary N) is 2. The molecule has 0 spiro atoms. The van der Waals surface area contributed by atoms with E-state index < -0.39 is 41.9 Å². The van der Waals surface area contributed by atoms with Crippen LogP contribution in [0.25, 0.3) is 0 Å². The number of nitrogens with zero attached hydrogens (tertiary/aromatic N) is 3. The molecule has 1 saturated heterocycles. The molecule has 0 unspecified atom stereocenters. The van der Waals surface area contributed by atoms with Crippen LogP contribution in [-0.4, -0.2) is 89.6 Å². The maximum Gasteiger partial charge on any atom is 0.268 e. The molecule has 1 heterocycles. The molecule has 14 heteroatoms. The quantitative estimate of drug-likeness (QED) is 0.0243. The highest BCUT2D eigenvalue weighted by Gasteiger charge is 2.36. The van der Waals surface area contributed by atoms with Crippen molar-refractivity contribution in [2.45, 2.75) is 89.4 Å². The molecule has 1 aromatic rings. The topological polar surface area (TPSA) is 232 Å². The minimum atomic E-state index is -1.06. The normalized spacial score (nSPS) is 16.5. The number of hydrogen-bond donors (Lipinski definition) is 6. The first-order chi connectivity index (χ1) is 21.0. The Bertz CT molecular complexity index is 1130. The van der Waals surface area contributed by atoms with Gasteiger partial charge in [-0.05, 0) is 76.0 Å². The third-order valence-electron chi connectivity index (χ3n) is 7.46. The van der Waals surface area contributed by atoms with Gasteiger partial charge in [0.15, 0.2) is 5.96 Å². The summed E-state index contributed by atoms with van der Waals surface area (Å²) in [7, 11) is 0. The molecule has 1 fully saturated rings. The Hall–Kier alpha value is -4.04. The van der Waals surface area contributed by atoms with Crippen LogP contribution in [0, 0.1) is 5.92 Å². The summed E-state index contributed by atoms with van der Waals surface area (Å²) in [5.41, 5.74) is 16.8. The Morgan fingerprint density at radius 3 is 2.32 bits per heavy atom. The van der Waals surface area contributed by atoms with Crippen LogP contribution in [0.2, 0.25) is 0 Å². The molecule has 1 aromatic carbocycles. The van der Waals surface area contributed by atoms with E-state index in [1.165, 1.54) is 4.90 Å². The van der Waals surface area contributed by atoms with E-state index in [9.17, 15) is 24.0 Å². The van der Waals surface area contributed by atoms with Crippen molar-refractivity contribution in [1.29, 1.82) is 0 Å². The molecule has 4 atom stereocenters. The van der Waals surface area contributed by atoms with Crippen molar-refractivity contribution in [2.24, 2.45) is 34.0 Å². The summed E-state index contributed by atoms with van der Waals surface area (Å²) in [4.78, 5) is 71.0. The van der Waals surface area contributed by atoms with Crippen LogP contribution >= 0.6 is 0 Å². The monoisotopic (exact) mass is 615 g/mol. The molecular weight excluding hydrogens is 566 g/mol. The third-order valence-corrected chi connectivity index (χ3v) is 7.46. The maximum absolute atomic E-state index is 13.7. The maximum atomic E-state index is 13.7. The molecule has 0 bridgehead atoms. The van der Waals surface area contributed by atoms with Crippen LogP contribution in [-0.2, 0) is 19.2 Å². The van der Waals surface area contributed by atoms with Gasteiger partial charge in [0.1, 0.15) is 24.4 Å². The number of likely N-dealkylation sites (tertiary alicyclic amines) is 1. The van der Waals surface area contributed by atoms with Crippen molar-refractivity contribution >= 4 is 35.9 Å². The number of carbonyl (C=O) groups excluding carboxylic acids is 5. The standard InChI is InChI=1S/C30H49N9O5/c1-20(2)18-24(37-27(42)25(14-6-7-15-31)39(34)28(43)21-10-4-3-5-11-21)26(41)36-23(13-8-16-35-30(32)33)29(44)38-17-9-12-22(38)19-40/h3-5,10-11,19-20,22-25H,6-9,12-18,31,34H2,1-2H3,(H,36,41)(H,37,42)(H4,32,33,35)/t22-,23-,24-,25-/m0/s1. The molecule has 0 aliphatic carbocycles. The van der Waals surface area contributed by atoms with Crippen LogP contribution in [0.3, 0.4) is 0 Å². The van der Waals surface area contributed by atoms with Crippen molar-refractivity contribution in [2.75, 3.05) is 19.6 Å². The third kappa shape index (κ3) is 11.2. The van der Waals surface area contributed by atoms with Gasteiger partial charge in [0.05, 0.1) is 6.04 Å². The number of hydrogen-bond acceptors (Lipinski definition) is 8. The molecule has 1 aliphatic heterocycles. The predicted octanol–water partition coefficient (Wildman–Crippen LogP) is -0.241. The Morgan fingerprint density at radius 1 is 1.02 bits per heavy atom. The number of amides is 4. The molecule has 10 N–H and O–H groups in total. The summed E-state index contributed by atoms with van der Waals surface area (Å²) < 4.78 is 0. The zero-order valence-electron chi connectivity index (χ0n) is 25.8. The lowest BCUT2D eigenvalue weighted by molar-refractivity contribution is -0.139. The molecule has 4 amide bonds. The summed E-state index contributed by atoms with van der Waals surface area (Å²) in [6.45, 7) is 4.86. The second-order valence-electron chi connectivity index (χ2n) is 11.5. The Morgan fingerprint density at radius 2 is 1.70 bits per heavy atom. The van der Waals surface area contributed by atoms with E-state index in [1.54, 1.807) is 30.3 Å². The zero-order chi connectivity index (χ0) is 32.6. The molecule has 44 heavy (non-hydrogen) atoms. The van der Waals surface area contributed by atoms with Crippen molar-refractivity contribution in [1.82, 2.24) is 20.5 Å². The number of aliphatic imine (C=N–C) groups is 1. The summed E-state index contributed by atoms with van der Waals surface area (Å²) in [5.74, 6) is 4.06. The summed E-state index contributed by atoms with van der Waals surface area (Å²) in [6.07, 6.45) is 4.24. The average molecular weight is 616 g/mol. The lowest BCUT2D eigenvalue weighted by Crippen LogP contribution is -2.59. The summed E-state index contributed by atoms with van der Waals surface area (Å²) in [5, 5.41) is 6.49. The number of aldehydes is 1. The second kappa shape index (κ2) is 18.6. The predicted molar refractivity (Wildman–Crippen MR) is 168 cm³/mol. The van der Waals surface area contributed by atoms with Crippen molar-refractivity contribution < 1.29 is 24.0 Å². The fourth-order valence-electron chi connectivity index (χ4n) is 5.16. The van der Waals surface area contributed by atoms with Crippen LogP contribution < -0.4 is 33.7 Å². The summed E-state index contributed by atoms with van der Waals surface area (Å²) >= 11 is 0. The van der Waals surface area contributed by atoms with Gasteiger partial charge in [0.25, 0.3) is 5.91 Å². The average Bonchev–Trinajstić information content (AvgIpc) is 3.48. The minimum Gasteiger partial charge on any atom is -0.370 e. The van der Waals surface area contributed by atoms with Crippen LogP contribution in [0.15, 0.2) is 35.3 Å². The Balaban J connectivity index is 2.27. The number of nitrogens with two attached hydrogens (primary N) is 4. The first-order valence-electron chi connectivity index (χ1n) is 15.2. The van der Waals surface area contributed by atoms with Gasteiger partial charge in [0.2, 0.25) is 17.7 Å². The van der Waals surface area contributed by atoms with Gasteiger partial charge in [-0.15, -0.1) is 0 Å². The van der Waals surface area contributed by atoms with Gasteiger partial charge < -0.3 is 37.5 Å². The van der Waals surface area contributed by atoms with E-state index in [-0.39, 0.29) is 43.6 Å². The Kier molecular flexibility index (Phi) is 15.3. The molecular formula is C30H49N9O5. The second-order valence-corrected chi connectivity index (χ2v) is 11.5. The van der Waals surface area contributed by atoms with Crippen molar-refractivity contribution in [3.05, 3.63) is 35.9 Å². The molecule has 0 aromatic heterocycles. The first-order valence-corrected chi connectivity index (χ1v) is 15.2. The summed E-state index contributed by atoms with van der Waals surface area (Å²) in [6, 6.07) is 4.76. The number of carbonyl (C=O) groups is 5. The highest BCUT2D eigenvalue weighted by Crippen LogP contribution is 2.19. The van der Waals surface area contributed by atoms with E-state index in [0.717, 1.165) is 11.3 Å². The van der Waals surface area contributed by atoms with Gasteiger partial charge in [-0.1, -0.05) is 32.0 Å². The molecule has 0 saturated carbocycles. The minimum absolute atomic E-state index is 0.00397. The molecule has 244 valence electrons. The fourth-order valence-corrected chi connectivity index (χ4v) is 5.16. The number of rotatable bonds is 18. The highest BCUT2D eigenvalue weighted by molar-refractivity contribution is 5.98. The van der Waals surface area contributed by atoms with Gasteiger partial charge in [-0.3, -0.25) is 29.2 Å². The van der Waals surface area contributed by atoms with E-state index >= 15 is 0 Å². The van der Waals surface area contributed by atoms with E-state index in [2.05, 4.69) is 15.6 Å². The smallest absolute Gasteiger partial charge is 0.268 e.